The Bertz CT molecular complexity index is 1090. The summed E-state index contributed by atoms with van der Waals surface area (Å²) in [7, 11) is 0. The number of halogens is 3. The molecule has 32 heavy (non-hydrogen) atoms. The molecular weight excluding hydrogens is 427 g/mol. The zero-order valence-electron chi connectivity index (χ0n) is 17.2. The number of nitrogens with zero attached hydrogens (tertiary/aromatic N) is 1. The highest BCUT2D eigenvalue weighted by molar-refractivity contribution is 6.05. The molecule has 1 aromatic heterocycles. The molecule has 2 aromatic carbocycles. The molecule has 0 aliphatic carbocycles. The Kier molecular flexibility index (Phi) is 6.57. The molecule has 0 saturated heterocycles. The summed E-state index contributed by atoms with van der Waals surface area (Å²) in [6, 6.07) is 11.2. The third-order valence-electron chi connectivity index (χ3n) is 4.61. The summed E-state index contributed by atoms with van der Waals surface area (Å²) < 4.78 is 50.8. The number of anilines is 1. The van der Waals surface area contributed by atoms with Crippen molar-refractivity contribution in [3.8, 4) is 5.75 Å². The van der Waals surface area contributed by atoms with Crippen LogP contribution in [0.2, 0.25) is 0 Å². The van der Waals surface area contributed by atoms with Crippen LogP contribution < -0.4 is 9.64 Å². The predicted molar refractivity (Wildman–Crippen MR) is 110 cm³/mol. The molecule has 6 nitrogen and oxygen atoms in total. The van der Waals surface area contributed by atoms with Gasteiger partial charge in [0, 0.05) is 6.04 Å². The number of carbonyl (C=O) groups excluding carboxylic acids is 1. The number of rotatable bonds is 7. The fourth-order valence-electron chi connectivity index (χ4n) is 3.05. The van der Waals surface area contributed by atoms with Crippen LogP contribution in [0.5, 0.6) is 5.75 Å². The largest absolute Gasteiger partial charge is 0.487 e. The van der Waals surface area contributed by atoms with Gasteiger partial charge >= 0.3 is 12.1 Å². The number of hydrogen-bond donors (Lipinski definition) is 1. The molecule has 168 valence electrons. The van der Waals surface area contributed by atoms with Crippen molar-refractivity contribution < 1.29 is 37.0 Å². The van der Waals surface area contributed by atoms with Gasteiger partial charge < -0.3 is 14.3 Å². The Balaban J connectivity index is 1.97. The van der Waals surface area contributed by atoms with Gasteiger partial charge in [0.25, 0.3) is 5.91 Å². The van der Waals surface area contributed by atoms with E-state index in [0.29, 0.717) is 5.56 Å². The van der Waals surface area contributed by atoms with Gasteiger partial charge in [0.1, 0.15) is 12.4 Å². The van der Waals surface area contributed by atoms with Crippen LogP contribution in [0.1, 0.15) is 45.9 Å². The highest BCUT2D eigenvalue weighted by Gasteiger charge is 2.33. The lowest BCUT2D eigenvalue weighted by atomic mass is 10.1. The molecule has 9 heteroatoms. The first-order valence-corrected chi connectivity index (χ1v) is 9.61. The van der Waals surface area contributed by atoms with Crippen LogP contribution in [0.15, 0.2) is 65.3 Å². The summed E-state index contributed by atoms with van der Waals surface area (Å²) in [5, 5.41) is 8.99. The van der Waals surface area contributed by atoms with Gasteiger partial charge in [-0.2, -0.15) is 13.2 Å². The third kappa shape index (κ3) is 5.11. The van der Waals surface area contributed by atoms with Crippen LogP contribution in [0, 0.1) is 0 Å². The molecule has 0 unspecified atom stereocenters. The number of hydrogen-bond acceptors (Lipinski definition) is 4. The standard InChI is InChI=1S/C23H20F3NO5/c1-14(2)27(21(28)19-4-3-11-31-19)18-10-9-17(23(24,25)26)12-20(18)32-13-15-5-7-16(8-6-15)22(29)30/h3-12,14H,13H2,1-2H3,(H,29,30). The minimum atomic E-state index is -4.60. The van der Waals surface area contributed by atoms with Crippen molar-refractivity contribution in [2.75, 3.05) is 4.90 Å². The summed E-state index contributed by atoms with van der Waals surface area (Å²) in [4.78, 5) is 25.2. The molecule has 0 aliphatic heterocycles. The number of aromatic carboxylic acids is 1. The second-order valence-corrected chi connectivity index (χ2v) is 7.22. The van der Waals surface area contributed by atoms with E-state index in [4.69, 9.17) is 14.3 Å². The van der Waals surface area contributed by atoms with Crippen LogP contribution in [0.25, 0.3) is 0 Å². The van der Waals surface area contributed by atoms with Gasteiger partial charge in [-0.25, -0.2) is 4.79 Å². The van der Waals surface area contributed by atoms with Crippen molar-refractivity contribution in [1.82, 2.24) is 0 Å². The molecule has 1 N–H and O–H groups in total. The zero-order chi connectivity index (χ0) is 23.5. The third-order valence-corrected chi connectivity index (χ3v) is 4.61. The Morgan fingerprint density at radius 2 is 1.78 bits per heavy atom. The normalized spacial score (nSPS) is 11.4. The van der Waals surface area contributed by atoms with Crippen LogP contribution in [-0.2, 0) is 12.8 Å². The Hall–Kier alpha value is -3.75. The average molecular weight is 447 g/mol. The highest BCUT2D eigenvalue weighted by atomic mass is 19.4. The number of furan rings is 1. The minimum Gasteiger partial charge on any atom is -0.487 e. The van der Waals surface area contributed by atoms with Crippen molar-refractivity contribution in [3.63, 3.8) is 0 Å². The van der Waals surface area contributed by atoms with E-state index in [2.05, 4.69) is 0 Å². The van der Waals surface area contributed by atoms with Gasteiger partial charge in [0.05, 0.1) is 23.1 Å². The van der Waals surface area contributed by atoms with Crippen LogP contribution in [-0.4, -0.2) is 23.0 Å². The monoisotopic (exact) mass is 447 g/mol. The lowest BCUT2D eigenvalue weighted by Gasteiger charge is -2.28. The van der Waals surface area contributed by atoms with Crippen LogP contribution >= 0.6 is 0 Å². The van der Waals surface area contributed by atoms with Crippen molar-refractivity contribution in [2.45, 2.75) is 32.7 Å². The molecular formula is C23H20F3NO5. The van der Waals surface area contributed by atoms with Crippen LogP contribution in [0.3, 0.4) is 0 Å². The number of carbonyl (C=O) groups is 2. The van der Waals surface area contributed by atoms with Crippen LogP contribution in [0.4, 0.5) is 18.9 Å². The molecule has 3 rings (SSSR count). The Morgan fingerprint density at radius 3 is 2.31 bits per heavy atom. The molecule has 1 amide bonds. The smallest absolute Gasteiger partial charge is 0.416 e. The van der Waals surface area contributed by atoms with E-state index in [1.54, 1.807) is 13.8 Å². The van der Waals surface area contributed by atoms with Crippen molar-refractivity contribution >= 4 is 17.6 Å². The van der Waals surface area contributed by atoms with E-state index < -0.39 is 29.7 Å². The van der Waals surface area contributed by atoms with Gasteiger partial charge in [-0.15, -0.1) is 0 Å². The quantitative estimate of drug-likeness (QED) is 0.508. The second kappa shape index (κ2) is 9.17. The molecule has 0 saturated carbocycles. The first-order chi connectivity index (χ1) is 15.1. The molecule has 3 aromatic rings. The Labute approximate surface area is 181 Å². The van der Waals surface area contributed by atoms with E-state index in [9.17, 15) is 22.8 Å². The maximum absolute atomic E-state index is 13.3. The van der Waals surface area contributed by atoms with Gasteiger partial charge in [-0.3, -0.25) is 9.69 Å². The zero-order valence-corrected chi connectivity index (χ0v) is 17.2. The van der Waals surface area contributed by atoms with Gasteiger partial charge in [-0.1, -0.05) is 12.1 Å². The van der Waals surface area contributed by atoms with E-state index in [1.165, 1.54) is 53.6 Å². The minimum absolute atomic E-state index is 0.0359. The number of amides is 1. The maximum Gasteiger partial charge on any atom is 0.416 e. The van der Waals surface area contributed by atoms with Crippen molar-refractivity contribution in [2.24, 2.45) is 0 Å². The van der Waals surface area contributed by atoms with Crippen molar-refractivity contribution in [1.29, 1.82) is 0 Å². The fraction of sp³-hybridized carbons (Fsp3) is 0.217. The topological polar surface area (TPSA) is 80.0 Å². The summed E-state index contributed by atoms with van der Waals surface area (Å²) >= 11 is 0. The predicted octanol–water partition coefficient (Wildman–Crippen LogP) is 5.63. The highest BCUT2D eigenvalue weighted by Crippen LogP contribution is 2.38. The number of carboxylic acids is 1. The molecule has 0 atom stereocenters. The number of alkyl halides is 3. The van der Waals surface area contributed by atoms with E-state index in [0.717, 1.165) is 12.1 Å². The number of benzene rings is 2. The average Bonchev–Trinajstić information content (AvgIpc) is 3.27. The fourth-order valence-corrected chi connectivity index (χ4v) is 3.05. The van der Waals surface area contributed by atoms with Crippen molar-refractivity contribution in [3.05, 3.63) is 83.3 Å². The molecule has 0 radical (unpaired) electrons. The summed E-state index contributed by atoms with van der Waals surface area (Å²) in [6.45, 7) is 3.30. The summed E-state index contributed by atoms with van der Waals surface area (Å²) in [5.74, 6) is -1.73. The SMILES string of the molecule is CC(C)N(C(=O)c1ccco1)c1ccc(C(F)(F)F)cc1OCc1ccc(C(=O)O)cc1. The number of ether oxygens (including phenoxy) is 1. The van der Waals surface area contributed by atoms with E-state index in [-0.39, 0.29) is 29.4 Å². The van der Waals surface area contributed by atoms with Gasteiger partial charge in [-0.05, 0) is 61.9 Å². The Morgan fingerprint density at radius 1 is 1.09 bits per heavy atom. The summed E-state index contributed by atoms with van der Waals surface area (Å²) in [6.07, 6.45) is -3.27. The lowest BCUT2D eigenvalue weighted by molar-refractivity contribution is -0.137. The maximum atomic E-state index is 13.3. The van der Waals surface area contributed by atoms with Gasteiger partial charge in [0.15, 0.2) is 5.76 Å². The lowest BCUT2D eigenvalue weighted by Crippen LogP contribution is -2.37. The first kappa shape index (κ1) is 22.9. The molecule has 0 fully saturated rings. The number of carboxylic acid groups (broad SMARTS) is 1. The van der Waals surface area contributed by atoms with Gasteiger partial charge in [0.2, 0.25) is 0 Å². The molecule has 0 spiro atoms. The van der Waals surface area contributed by atoms with E-state index >= 15 is 0 Å². The second-order valence-electron chi connectivity index (χ2n) is 7.22. The van der Waals surface area contributed by atoms with E-state index in [1.807, 2.05) is 0 Å². The summed E-state index contributed by atoms with van der Waals surface area (Å²) in [5.41, 5.74) is -0.154. The molecule has 1 heterocycles. The molecule has 0 aliphatic rings. The molecule has 0 bridgehead atoms. The first-order valence-electron chi connectivity index (χ1n) is 9.61.